The second kappa shape index (κ2) is 6.24. The molecule has 0 radical (unpaired) electrons. The molecular weight excluding hydrogens is 220 g/mol. The van der Waals surface area contributed by atoms with Crippen molar-refractivity contribution < 1.29 is 0 Å². The number of anilines is 1. The van der Waals surface area contributed by atoms with E-state index in [1.165, 1.54) is 44.5 Å². The Hall–Kier alpha value is -1.02. The van der Waals surface area contributed by atoms with Gasteiger partial charge in [0.1, 0.15) is 0 Å². The lowest BCUT2D eigenvalue weighted by molar-refractivity contribution is 0.202. The van der Waals surface area contributed by atoms with E-state index >= 15 is 0 Å². The summed E-state index contributed by atoms with van der Waals surface area (Å²) >= 11 is 0. The highest BCUT2D eigenvalue weighted by Crippen LogP contribution is 2.31. The van der Waals surface area contributed by atoms with Gasteiger partial charge in [-0.25, -0.2) is 0 Å². The highest BCUT2D eigenvalue weighted by atomic mass is 15.1. The molecule has 0 aromatic heterocycles. The third kappa shape index (κ3) is 3.49. The number of nitrogen functional groups attached to an aromatic ring is 1. The van der Waals surface area contributed by atoms with E-state index in [-0.39, 0.29) is 0 Å². The first-order chi connectivity index (χ1) is 8.66. The van der Waals surface area contributed by atoms with E-state index in [4.69, 9.17) is 5.73 Å². The smallest absolute Gasteiger partial charge is 0.0349 e. The normalized spacial score (nSPS) is 18.4. The van der Waals surface area contributed by atoms with Crippen LogP contribution in [0.5, 0.6) is 0 Å². The number of rotatable bonds is 4. The first-order valence-corrected chi connectivity index (χ1v) is 7.23. The maximum Gasteiger partial charge on any atom is 0.0349 e. The van der Waals surface area contributed by atoms with Crippen LogP contribution in [0.4, 0.5) is 5.69 Å². The lowest BCUT2D eigenvalue weighted by atomic mass is 9.88. The fourth-order valence-corrected chi connectivity index (χ4v) is 2.79. The maximum absolute atomic E-state index is 6.07. The van der Waals surface area contributed by atoms with Gasteiger partial charge in [0.25, 0.3) is 0 Å². The molecule has 2 heteroatoms. The molecule has 100 valence electrons. The Morgan fingerprint density at radius 2 is 1.89 bits per heavy atom. The van der Waals surface area contributed by atoms with Crippen LogP contribution in [-0.2, 0) is 0 Å². The molecule has 2 N–H and O–H groups in total. The van der Waals surface area contributed by atoms with E-state index in [1.807, 2.05) is 12.1 Å². The second-order valence-corrected chi connectivity index (χ2v) is 5.93. The lowest BCUT2D eigenvalue weighted by Crippen LogP contribution is -2.34. The van der Waals surface area contributed by atoms with Crippen molar-refractivity contribution in [1.82, 2.24) is 4.90 Å². The molecule has 0 aliphatic carbocycles. The molecule has 0 amide bonds. The molecule has 18 heavy (non-hydrogen) atoms. The number of nitrogens with zero attached hydrogens (tertiary/aromatic N) is 1. The number of likely N-dealkylation sites (tertiary alicyclic amines) is 1. The molecular formula is C16H26N2. The van der Waals surface area contributed by atoms with Gasteiger partial charge < -0.3 is 10.6 Å². The van der Waals surface area contributed by atoms with Crippen molar-refractivity contribution in [2.75, 3.05) is 25.4 Å². The topological polar surface area (TPSA) is 29.3 Å². The van der Waals surface area contributed by atoms with Crippen molar-refractivity contribution >= 4 is 5.69 Å². The average molecular weight is 246 g/mol. The molecule has 1 aromatic rings. The van der Waals surface area contributed by atoms with Crippen LogP contribution in [0.3, 0.4) is 0 Å². The van der Waals surface area contributed by atoms with Crippen molar-refractivity contribution in [3.05, 3.63) is 29.8 Å². The van der Waals surface area contributed by atoms with Gasteiger partial charge in [0.15, 0.2) is 0 Å². The zero-order valence-corrected chi connectivity index (χ0v) is 11.7. The fourth-order valence-electron chi connectivity index (χ4n) is 2.79. The predicted molar refractivity (Wildman–Crippen MR) is 78.7 cm³/mol. The Morgan fingerprint density at radius 1 is 1.22 bits per heavy atom. The summed E-state index contributed by atoms with van der Waals surface area (Å²) in [5, 5.41) is 0. The summed E-state index contributed by atoms with van der Waals surface area (Å²) in [6, 6.07) is 8.36. The Kier molecular flexibility index (Phi) is 4.65. The van der Waals surface area contributed by atoms with Crippen LogP contribution in [0.15, 0.2) is 24.3 Å². The third-order valence-corrected chi connectivity index (χ3v) is 4.05. The fraction of sp³-hybridized carbons (Fsp3) is 0.625. The minimum absolute atomic E-state index is 0.668. The van der Waals surface area contributed by atoms with Gasteiger partial charge in [-0.05, 0) is 62.4 Å². The maximum atomic E-state index is 6.07. The number of nitrogens with two attached hydrogens (primary N) is 1. The van der Waals surface area contributed by atoms with E-state index in [1.54, 1.807) is 0 Å². The third-order valence-electron chi connectivity index (χ3n) is 4.05. The first kappa shape index (κ1) is 13.4. The number of para-hydroxylation sites is 1. The largest absolute Gasteiger partial charge is 0.398 e. The average Bonchev–Trinajstić information content (AvgIpc) is 2.38. The van der Waals surface area contributed by atoms with Gasteiger partial charge >= 0.3 is 0 Å². The number of hydrogen-bond donors (Lipinski definition) is 1. The summed E-state index contributed by atoms with van der Waals surface area (Å²) in [5.41, 5.74) is 8.40. The van der Waals surface area contributed by atoms with E-state index in [0.29, 0.717) is 5.92 Å². The quantitative estimate of drug-likeness (QED) is 0.824. The summed E-state index contributed by atoms with van der Waals surface area (Å²) in [6.07, 6.45) is 3.83. The second-order valence-electron chi connectivity index (χ2n) is 5.93. The van der Waals surface area contributed by atoms with E-state index < -0.39 is 0 Å². The van der Waals surface area contributed by atoms with E-state index in [9.17, 15) is 0 Å². The molecule has 0 saturated carbocycles. The first-order valence-electron chi connectivity index (χ1n) is 7.23. The van der Waals surface area contributed by atoms with Crippen LogP contribution in [0.1, 0.15) is 44.6 Å². The highest BCUT2D eigenvalue weighted by Gasteiger charge is 2.21. The lowest BCUT2D eigenvalue weighted by Gasteiger charge is -2.33. The highest BCUT2D eigenvalue weighted by molar-refractivity contribution is 5.48. The molecule has 1 aliphatic heterocycles. The predicted octanol–water partition coefficient (Wildman–Crippen LogP) is 3.49. The standard InChI is InChI=1S/C16H26N2/c1-13(2)7-10-18-11-8-14(9-12-18)15-5-3-4-6-16(15)17/h3-6,13-14H,7-12,17H2,1-2H3. The number of hydrogen-bond acceptors (Lipinski definition) is 2. The molecule has 1 fully saturated rings. The van der Waals surface area contributed by atoms with Crippen LogP contribution in [0.2, 0.25) is 0 Å². The SMILES string of the molecule is CC(C)CCN1CCC(c2ccccc2N)CC1. The van der Waals surface area contributed by atoms with Crippen molar-refractivity contribution in [2.24, 2.45) is 5.92 Å². The van der Waals surface area contributed by atoms with Gasteiger partial charge in [0, 0.05) is 5.69 Å². The van der Waals surface area contributed by atoms with Gasteiger partial charge in [0.05, 0.1) is 0 Å². The molecule has 1 aromatic carbocycles. The Balaban J connectivity index is 1.85. The van der Waals surface area contributed by atoms with Crippen LogP contribution in [0.25, 0.3) is 0 Å². The summed E-state index contributed by atoms with van der Waals surface area (Å²) in [4.78, 5) is 2.61. The summed E-state index contributed by atoms with van der Waals surface area (Å²) in [6.45, 7) is 8.32. The van der Waals surface area contributed by atoms with Crippen molar-refractivity contribution in [3.63, 3.8) is 0 Å². The van der Waals surface area contributed by atoms with Gasteiger partial charge in [-0.1, -0.05) is 32.0 Å². The summed E-state index contributed by atoms with van der Waals surface area (Å²) in [7, 11) is 0. The molecule has 2 rings (SSSR count). The van der Waals surface area contributed by atoms with E-state index in [2.05, 4.69) is 30.9 Å². The van der Waals surface area contributed by atoms with Crippen LogP contribution in [0, 0.1) is 5.92 Å². The molecule has 0 bridgehead atoms. The van der Waals surface area contributed by atoms with Crippen molar-refractivity contribution in [3.8, 4) is 0 Å². The Labute approximate surface area is 111 Å². The molecule has 0 spiro atoms. The van der Waals surface area contributed by atoms with Gasteiger partial charge in [-0.15, -0.1) is 0 Å². The molecule has 2 nitrogen and oxygen atoms in total. The van der Waals surface area contributed by atoms with Crippen molar-refractivity contribution in [1.29, 1.82) is 0 Å². The monoisotopic (exact) mass is 246 g/mol. The molecule has 1 aliphatic rings. The van der Waals surface area contributed by atoms with Crippen LogP contribution < -0.4 is 5.73 Å². The minimum atomic E-state index is 0.668. The molecule has 0 unspecified atom stereocenters. The minimum Gasteiger partial charge on any atom is -0.398 e. The van der Waals surface area contributed by atoms with Crippen LogP contribution in [-0.4, -0.2) is 24.5 Å². The van der Waals surface area contributed by atoms with Gasteiger partial charge in [-0.2, -0.15) is 0 Å². The number of benzene rings is 1. The summed E-state index contributed by atoms with van der Waals surface area (Å²) < 4.78 is 0. The summed E-state index contributed by atoms with van der Waals surface area (Å²) in [5.74, 6) is 1.48. The van der Waals surface area contributed by atoms with Gasteiger partial charge in [0.2, 0.25) is 0 Å². The van der Waals surface area contributed by atoms with Crippen molar-refractivity contribution in [2.45, 2.75) is 39.0 Å². The Bertz CT molecular complexity index is 365. The molecule has 1 saturated heterocycles. The van der Waals surface area contributed by atoms with Gasteiger partial charge in [-0.3, -0.25) is 0 Å². The number of piperidine rings is 1. The van der Waals surface area contributed by atoms with E-state index in [0.717, 1.165) is 11.6 Å². The zero-order valence-electron chi connectivity index (χ0n) is 11.7. The Morgan fingerprint density at radius 3 is 2.50 bits per heavy atom. The molecule has 1 heterocycles. The molecule has 0 atom stereocenters. The zero-order chi connectivity index (χ0) is 13.0. The van der Waals surface area contributed by atoms with Crippen LogP contribution >= 0.6 is 0 Å².